The number of hydrogen-bond donors (Lipinski definition) is 0. The third-order valence-electron chi connectivity index (χ3n) is 1.15. The summed E-state index contributed by atoms with van der Waals surface area (Å²) in [5, 5.41) is 0.787. The summed E-state index contributed by atoms with van der Waals surface area (Å²) in [7, 11) is 0. The Morgan fingerprint density at radius 2 is 2.69 bits per heavy atom. The maximum absolute atomic E-state index is 10.6. The maximum atomic E-state index is 10.6. The van der Waals surface area contributed by atoms with Gasteiger partial charge in [-0.15, -0.1) is 0 Å². The summed E-state index contributed by atoms with van der Waals surface area (Å²) in [5.41, 5.74) is 0. The Balaban J connectivity index is 2.08. The molecule has 0 amide bonds. The van der Waals surface area contributed by atoms with E-state index in [1.54, 1.807) is 6.26 Å². The van der Waals surface area contributed by atoms with Crippen molar-refractivity contribution in [2.45, 2.75) is 5.03 Å². The summed E-state index contributed by atoms with van der Waals surface area (Å²) in [6, 6.07) is 0. The first-order valence-corrected chi connectivity index (χ1v) is 4.61. The first-order valence-electron chi connectivity index (χ1n) is 3.63. The van der Waals surface area contributed by atoms with Crippen LogP contribution >= 0.6 is 11.8 Å². The fraction of sp³-hybridized carbons (Fsp3) is 0.250. The molecule has 0 spiro atoms. The number of ether oxygens (including phenoxy) is 1. The van der Waals surface area contributed by atoms with Gasteiger partial charge >= 0.3 is 5.97 Å². The van der Waals surface area contributed by atoms with E-state index in [9.17, 15) is 4.79 Å². The van der Waals surface area contributed by atoms with E-state index in [-0.39, 0.29) is 0 Å². The lowest BCUT2D eigenvalue weighted by Crippen LogP contribution is -2.03. The van der Waals surface area contributed by atoms with Crippen molar-refractivity contribution in [1.82, 2.24) is 4.98 Å². The molecule has 4 nitrogen and oxygen atoms in total. The number of carbonyl (C=O) groups excluding carboxylic acids is 1. The fourth-order valence-corrected chi connectivity index (χ4v) is 1.24. The van der Waals surface area contributed by atoms with E-state index in [4.69, 9.17) is 9.15 Å². The number of nitrogens with zero attached hydrogens (tertiary/aromatic N) is 1. The van der Waals surface area contributed by atoms with Crippen molar-refractivity contribution in [1.29, 1.82) is 0 Å². The van der Waals surface area contributed by atoms with Crippen LogP contribution in [-0.2, 0) is 9.53 Å². The van der Waals surface area contributed by atoms with Gasteiger partial charge in [-0.3, -0.25) is 0 Å². The monoisotopic (exact) mass is 199 g/mol. The smallest absolute Gasteiger partial charge is 0.330 e. The molecule has 1 aromatic heterocycles. The molecule has 0 radical (unpaired) electrons. The third kappa shape index (κ3) is 3.80. The number of thioether (sulfide) groups is 1. The molecule has 0 aromatic carbocycles. The Bertz CT molecular complexity index is 271. The molecular formula is C8H9NO3S. The van der Waals surface area contributed by atoms with Crippen LogP contribution in [0.5, 0.6) is 0 Å². The van der Waals surface area contributed by atoms with Crippen LogP contribution in [0.1, 0.15) is 0 Å². The number of aromatic nitrogens is 1. The van der Waals surface area contributed by atoms with Gasteiger partial charge in [-0.05, 0) is 0 Å². The van der Waals surface area contributed by atoms with Gasteiger partial charge in [0, 0.05) is 11.8 Å². The predicted octanol–water partition coefficient (Wildman–Crippen LogP) is 1.50. The molecule has 1 rings (SSSR count). The standard InChI is InChI=1S/C8H9NO3S/c1-2-8(10)12-3-4-13-7-5-11-6-9-7/h2,5-6H,1,3-4H2. The maximum Gasteiger partial charge on any atom is 0.330 e. The number of carbonyl (C=O) groups is 1. The Morgan fingerprint density at radius 1 is 1.85 bits per heavy atom. The molecule has 1 aromatic rings. The highest BCUT2D eigenvalue weighted by Gasteiger charge is 1.98. The van der Waals surface area contributed by atoms with E-state index in [0.717, 1.165) is 11.1 Å². The molecule has 0 N–H and O–H groups in total. The number of hydrogen-bond acceptors (Lipinski definition) is 5. The normalized spacial score (nSPS) is 9.54. The molecule has 0 saturated carbocycles. The number of esters is 1. The lowest BCUT2D eigenvalue weighted by molar-refractivity contribution is -0.137. The molecular weight excluding hydrogens is 190 g/mol. The van der Waals surface area contributed by atoms with Crippen LogP contribution < -0.4 is 0 Å². The van der Waals surface area contributed by atoms with Crippen molar-refractivity contribution in [3.63, 3.8) is 0 Å². The van der Waals surface area contributed by atoms with Crippen molar-refractivity contribution >= 4 is 17.7 Å². The van der Waals surface area contributed by atoms with Gasteiger partial charge < -0.3 is 9.15 Å². The first-order chi connectivity index (χ1) is 6.33. The quantitative estimate of drug-likeness (QED) is 0.311. The zero-order valence-electron chi connectivity index (χ0n) is 6.93. The molecule has 0 fully saturated rings. The first kappa shape index (κ1) is 9.85. The summed E-state index contributed by atoms with van der Waals surface area (Å²) in [6.07, 6.45) is 4.04. The summed E-state index contributed by atoms with van der Waals surface area (Å²) < 4.78 is 9.51. The minimum absolute atomic E-state index is 0.350. The molecule has 0 bridgehead atoms. The van der Waals surface area contributed by atoms with Crippen LogP contribution in [0.4, 0.5) is 0 Å². The molecule has 0 atom stereocenters. The lowest BCUT2D eigenvalue weighted by atomic mass is 10.6. The summed E-state index contributed by atoms with van der Waals surface area (Å²) >= 11 is 1.46. The molecule has 0 aliphatic rings. The molecule has 13 heavy (non-hydrogen) atoms. The molecule has 0 saturated heterocycles. The predicted molar refractivity (Wildman–Crippen MR) is 48.4 cm³/mol. The van der Waals surface area contributed by atoms with Crippen LogP contribution in [0.25, 0.3) is 0 Å². The van der Waals surface area contributed by atoms with Crippen LogP contribution in [0.2, 0.25) is 0 Å². The van der Waals surface area contributed by atoms with E-state index in [0.29, 0.717) is 12.4 Å². The average Bonchev–Trinajstić information content (AvgIpc) is 2.64. The SMILES string of the molecule is C=CC(=O)OCCSc1cocn1. The second-order valence-corrected chi connectivity index (χ2v) is 3.16. The summed E-state index contributed by atoms with van der Waals surface area (Å²) in [5.74, 6) is 0.257. The zero-order chi connectivity index (χ0) is 9.52. The van der Waals surface area contributed by atoms with Gasteiger partial charge in [-0.1, -0.05) is 18.3 Å². The largest absolute Gasteiger partial charge is 0.462 e. The molecule has 1 heterocycles. The number of rotatable bonds is 5. The van der Waals surface area contributed by atoms with Crippen LogP contribution in [0.15, 0.2) is 34.8 Å². The Morgan fingerprint density at radius 3 is 3.31 bits per heavy atom. The number of oxazole rings is 1. The van der Waals surface area contributed by atoms with Crippen molar-refractivity contribution in [3.05, 3.63) is 25.3 Å². The van der Waals surface area contributed by atoms with E-state index < -0.39 is 5.97 Å². The van der Waals surface area contributed by atoms with E-state index >= 15 is 0 Å². The van der Waals surface area contributed by atoms with Crippen molar-refractivity contribution in [2.75, 3.05) is 12.4 Å². The lowest BCUT2D eigenvalue weighted by Gasteiger charge is -1.98. The van der Waals surface area contributed by atoms with Crippen LogP contribution in [-0.4, -0.2) is 23.3 Å². The van der Waals surface area contributed by atoms with Crippen molar-refractivity contribution in [3.8, 4) is 0 Å². The van der Waals surface area contributed by atoms with Crippen LogP contribution in [0.3, 0.4) is 0 Å². The van der Waals surface area contributed by atoms with Gasteiger partial charge in [0.05, 0.1) is 0 Å². The van der Waals surface area contributed by atoms with Gasteiger partial charge in [0.25, 0.3) is 0 Å². The molecule has 0 aliphatic heterocycles. The van der Waals surface area contributed by atoms with E-state index in [1.807, 2.05) is 0 Å². The van der Waals surface area contributed by atoms with Gasteiger partial charge in [0.1, 0.15) is 17.9 Å². The second-order valence-electron chi connectivity index (χ2n) is 2.05. The Labute approximate surface area is 80.0 Å². The summed E-state index contributed by atoms with van der Waals surface area (Å²) in [6.45, 7) is 3.63. The van der Waals surface area contributed by atoms with Crippen LogP contribution in [0, 0.1) is 0 Å². The van der Waals surface area contributed by atoms with Crippen molar-refractivity contribution in [2.24, 2.45) is 0 Å². The minimum atomic E-state index is -0.402. The van der Waals surface area contributed by atoms with E-state index in [1.165, 1.54) is 18.2 Å². The highest BCUT2D eigenvalue weighted by atomic mass is 32.2. The Kier molecular flexibility index (Phi) is 4.11. The minimum Gasteiger partial charge on any atom is -0.462 e. The third-order valence-corrected chi connectivity index (χ3v) is 2.02. The van der Waals surface area contributed by atoms with E-state index in [2.05, 4.69) is 11.6 Å². The molecule has 0 aliphatic carbocycles. The topological polar surface area (TPSA) is 52.3 Å². The molecule has 70 valence electrons. The van der Waals surface area contributed by atoms with Gasteiger partial charge in [0.2, 0.25) is 0 Å². The Hall–Kier alpha value is -1.23. The average molecular weight is 199 g/mol. The highest BCUT2D eigenvalue weighted by molar-refractivity contribution is 7.99. The summed E-state index contributed by atoms with van der Waals surface area (Å²) in [4.78, 5) is 14.5. The highest BCUT2D eigenvalue weighted by Crippen LogP contribution is 2.13. The molecule has 5 heteroatoms. The molecule has 0 unspecified atom stereocenters. The second kappa shape index (κ2) is 5.42. The fourth-order valence-electron chi connectivity index (χ4n) is 0.620. The van der Waals surface area contributed by atoms with Crippen molar-refractivity contribution < 1.29 is 13.9 Å². The van der Waals surface area contributed by atoms with Gasteiger partial charge in [-0.2, -0.15) is 0 Å². The van der Waals surface area contributed by atoms with Gasteiger partial charge in [-0.25, -0.2) is 9.78 Å². The van der Waals surface area contributed by atoms with Gasteiger partial charge in [0.15, 0.2) is 6.39 Å². The zero-order valence-corrected chi connectivity index (χ0v) is 7.75.